The predicted molar refractivity (Wildman–Crippen MR) is 53.6 cm³/mol. The molecule has 86 valence electrons. The van der Waals surface area contributed by atoms with E-state index >= 15 is 0 Å². The number of oxime groups is 1. The Bertz CT molecular complexity index is 411. The summed E-state index contributed by atoms with van der Waals surface area (Å²) in [6.07, 6.45) is 0. The van der Waals surface area contributed by atoms with Crippen molar-refractivity contribution in [1.29, 1.82) is 0 Å². The zero-order valence-corrected chi connectivity index (χ0v) is 8.73. The van der Waals surface area contributed by atoms with Crippen LogP contribution in [0.1, 0.15) is 5.56 Å². The summed E-state index contributed by atoms with van der Waals surface area (Å²) in [7, 11) is 2.31. The molecule has 1 rings (SSSR count). The van der Waals surface area contributed by atoms with Crippen molar-refractivity contribution in [2.24, 2.45) is 5.16 Å². The lowest BCUT2D eigenvalue weighted by Crippen LogP contribution is -2.19. The lowest BCUT2D eigenvalue weighted by molar-refractivity contribution is -0.132. The fraction of sp³-hybridized carbons (Fsp3) is 0.200. The number of halogens is 1. The molecule has 0 unspecified atom stereocenters. The number of phenols is 1. The van der Waals surface area contributed by atoms with Crippen molar-refractivity contribution in [3.63, 3.8) is 0 Å². The molecule has 0 aliphatic carbocycles. The average molecular weight is 227 g/mol. The number of hydrogen-bond donors (Lipinski definition) is 1. The number of rotatable bonds is 3. The largest absolute Gasteiger partial charge is 0.507 e. The van der Waals surface area contributed by atoms with Gasteiger partial charge >= 0.3 is 5.97 Å². The first-order valence-electron chi connectivity index (χ1n) is 4.29. The van der Waals surface area contributed by atoms with E-state index < -0.39 is 23.2 Å². The number of aromatic hydroxyl groups is 1. The summed E-state index contributed by atoms with van der Waals surface area (Å²) in [6.45, 7) is 0. The van der Waals surface area contributed by atoms with Gasteiger partial charge in [0, 0.05) is 0 Å². The zero-order valence-electron chi connectivity index (χ0n) is 8.73. The van der Waals surface area contributed by atoms with Crippen LogP contribution in [0.25, 0.3) is 0 Å². The summed E-state index contributed by atoms with van der Waals surface area (Å²) in [5.74, 6) is -2.11. The molecule has 5 nitrogen and oxygen atoms in total. The van der Waals surface area contributed by atoms with Crippen molar-refractivity contribution in [1.82, 2.24) is 0 Å². The molecule has 0 saturated heterocycles. The molecule has 0 radical (unpaired) electrons. The van der Waals surface area contributed by atoms with E-state index in [1.54, 1.807) is 0 Å². The minimum absolute atomic E-state index is 0.351. The molecule has 0 aliphatic heterocycles. The van der Waals surface area contributed by atoms with Crippen LogP contribution < -0.4 is 0 Å². The second-order valence-corrected chi connectivity index (χ2v) is 2.75. The highest BCUT2D eigenvalue weighted by Crippen LogP contribution is 2.21. The molecular formula is C10H10FNO4. The maximum Gasteiger partial charge on any atom is 0.361 e. The first kappa shape index (κ1) is 12.0. The van der Waals surface area contributed by atoms with Crippen LogP contribution in [-0.4, -0.2) is 31.0 Å². The van der Waals surface area contributed by atoms with Crippen LogP contribution in [0.15, 0.2) is 23.4 Å². The zero-order chi connectivity index (χ0) is 12.1. The predicted octanol–water partition coefficient (Wildman–Crippen LogP) is 1.05. The third-order valence-electron chi connectivity index (χ3n) is 1.79. The minimum atomic E-state index is -0.901. The summed E-state index contributed by atoms with van der Waals surface area (Å²) in [6, 6.07) is 3.62. The number of phenolic OH excluding ortho intramolecular Hbond substituents is 1. The van der Waals surface area contributed by atoms with E-state index in [1.807, 2.05) is 0 Å². The van der Waals surface area contributed by atoms with Crippen LogP contribution >= 0.6 is 0 Å². The molecule has 0 heterocycles. The fourth-order valence-electron chi connectivity index (χ4n) is 1.12. The molecule has 0 aliphatic rings. The summed E-state index contributed by atoms with van der Waals surface area (Å²) in [5.41, 5.74) is -0.781. The number of nitrogens with zero attached hydrogens (tertiary/aromatic N) is 1. The highest BCUT2D eigenvalue weighted by Gasteiger charge is 2.23. The molecule has 16 heavy (non-hydrogen) atoms. The van der Waals surface area contributed by atoms with Gasteiger partial charge in [0.25, 0.3) is 0 Å². The Labute approximate surface area is 91.1 Å². The molecule has 0 fully saturated rings. The summed E-state index contributed by atoms with van der Waals surface area (Å²) < 4.78 is 17.8. The second-order valence-electron chi connectivity index (χ2n) is 2.75. The minimum Gasteiger partial charge on any atom is -0.507 e. The summed E-state index contributed by atoms with van der Waals surface area (Å²) >= 11 is 0. The highest BCUT2D eigenvalue weighted by atomic mass is 19.1. The monoisotopic (exact) mass is 227 g/mol. The standard InChI is InChI=1S/C10H10FNO4/c1-15-10(14)9(12-16-2)8-6(11)4-3-5-7(8)13/h3-5,13H,1-2H3/b12-9-. The number of benzene rings is 1. The first-order valence-corrected chi connectivity index (χ1v) is 4.29. The van der Waals surface area contributed by atoms with E-state index in [4.69, 9.17) is 0 Å². The maximum absolute atomic E-state index is 13.4. The Morgan fingerprint density at radius 2 is 2.12 bits per heavy atom. The van der Waals surface area contributed by atoms with Crippen LogP contribution in [0.5, 0.6) is 5.75 Å². The van der Waals surface area contributed by atoms with Gasteiger partial charge in [0.05, 0.1) is 12.7 Å². The SMILES string of the molecule is CO/N=C(\C(=O)OC)c1c(O)cccc1F. The van der Waals surface area contributed by atoms with E-state index in [0.717, 1.165) is 13.2 Å². The molecule has 6 heteroatoms. The molecular weight excluding hydrogens is 217 g/mol. The Balaban J connectivity index is 3.32. The first-order chi connectivity index (χ1) is 7.61. The van der Waals surface area contributed by atoms with Crippen molar-refractivity contribution in [2.45, 2.75) is 0 Å². The molecule has 0 aromatic heterocycles. The Morgan fingerprint density at radius 3 is 2.62 bits per heavy atom. The average Bonchev–Trinajstić information content (AvgIpc) is 2.26. The van der Waals surface area contributed by atoms with E-state index in [9.17, 15) is 14.3 Å². The van der Waals surface area contributed by atoms with Gasteiger partial charge in [0.15, 0.2) is 0 Å². The van der Waals surface area contributed by atoms with Gasteiger partial charge in [-0.15, -0.1) is 0 Å². The normalized spacial score (nSPS) is 11.1. The topological polar surface area (TPSA) is 68.1 Å². The number of ether oxygens (including phenoxy) is 1. The molecule has 0 atom stereocenters. The van der Waals surface area contributed by atoms with E-state index in [-0.39, 0.29) is 5.56 Å². The number of carbonyl (C=O) groups excluding carboxylic acids is 1. The van der Waals surface area contributed by atoms with Crippen LogP contribution in [0.3, 0.4) is 0 Å². The molecule has 1 N–H and O–H groups in total. The number of esters is 1. The van der Waals surface area contributed by atoms with Crippen molar-refractivity contribution in [3.8, 4) is 5.75 Å². The van der Waals surface area contributed by atoms with Gasteiger partial charge in [-0.2, -0.15) is 0 Å². The Kier molecular flexibility index (Phi) is 3.82. The smallest absolute Gasteiger partial charge is 0.361 e. The molecule has 0 saturated carbocycles. The van der Waals surface area contributed by atoms with Gasteiger partial charge in [-0.25, -0.2) is 9.18 Å². The third-order valence-corrected chi connectivity index (χ3v) is 1.79. The van der Waals surface area contributed by atoms with Gasteiger partial charge in [0.1, 0.15) is 18.7 Å². The van der Waals surface area contributed by atoms with Gasteiger partial charge < -0.3 is 14.7 Å². The van der Waals surface area contributed by atoms with Crippen molar-refractivity contribution in [2.75, 3.05) is 14.2 Å². The molecule has 1 aromatic carbocycles. The maximum atomic E-state index is 13.4. The summed E-state index contributed by atoms with van der Waals surface area (Å²) in [5, 5.41) is 12.8. The van der Waals surface area contributed by atoms with Crippen molar-refractivity contribution >= 4 is 11.7 Å². The van der Waals surface area contributed by atoms with E-state index in [0.29, 0.717) is 0 Å². The lowest BCUT2D eigenvalue weighted by Gasteiger charge is -2.06. The molecule has 0 amide bonds. The van der Waals surface area contributed by atoms with Crippen LogP contribution in [0.4, 0.5) is 4.39 Å². The van der Waals surface area contributed by atoms with E-state index in [2.05, 4.69) is 14.7 Å². The van der Waals surface area contributed by atoms with Crippen LogP contribution in [0, 0.1) is 5.82 Å². The molecule has 0 spiro atoms. The van der Waals surface area contributed by atoms with Gasteiger partial charge in [0.2, 0.25) is 5.71 Å². The van der Waals surface area contributed by atoms with Gasteiger partial charge in [-0.3, -0.25) is 0 Å². The quantitative estimate of drug-likeness (QED) is 0.476. The molecule has 0 bridgehead atoms. The van der Waals surface area contributed by atoms with Gasteiger partial charge in [-0.1, -0.05) is 11.2 Å². The van der Waals surface area contributed by atoms with Crippen LogP contribution in [-0.2, 0) is 14.4 Å². The number of hydrogen-bond acceptors (Lipinski definition) is 5. The van der Waals surface area contributed by atoms with E-state index in [1.165, 1.54) is 19.2 Å². The van der Waals surface area contributed by atoms with Crippen LogP contribution in [0.2, 0.25) is 0 Å². The second kappa shape index (κ2) is 5.11. The van der Waals surface area contributed by atoms with Gasteiger partial charge in [-0.05, 0) is 12.1 Å². The van der Waals surface area contributed by atoms with Crippen molar-refractivity contribution in [3.05, 3.63) is 29.6 Å². The molecule has 1 aromatic rings. The summed E-state index contributed by atoms with van der Waals surface area (Å²) in [4.78, 5) is 15.7. The Morgan fingerprint density at radius 1 is 1.44 bits per heavy atom. The number of methoxy groups -OCH3 is 1. The third kappa shape index (κ3) is 2.28. The highest BCUT2D eigenvalue weighted by molar-refractivity contribution is 6.43. The lowest BCUT2D eigenvalue weighted by atomic mass is 10.1. The Hall–Kier alpha value is -2.11. The number of carbonyl (C=O) groups is 1. The van der Waals surface area contributed by atoms with Crippen molar-refractivity contribution < 1.29 is 23.9 Å². The fourth-order valence-corrected chi connectivity index (χ4v) is 1.12.